The van der Waals surface area contributed by atoms with E-state index in [0.717, 1.165) is 19.4 Å². The molecule has 2 N–H and O–H groups in total. The molecule has 1 atom stereocenters. The van der Waals surface area contributed by atoms with Crippen molar-refractivity contribution < 1.29 is 19.3 Å². The van der Waals surface area contributed by atoms with Crippen LogP contribution in [0.15, 0.2) is 18.2 Å². The largest absolute Gasteiger partial charge is 0.493 e. The third kappa shape index (κ3) is 3.41. The van der Waals surface area contributed by atoms with Crippen molar-refractivity contribution in [1.29, 1.82) is 0 Å². The Morgan fingerprint density at radius 2 is 1.86 bits per heavy atom. The summed E-state index contributed by atoms with van der Waals surface area (Å²) in [5.74, 6) is 2.31. The van der Waals surface area contributed by atoms with E-state index in [4.69, 9.17) is 14.2 Å². The van der Waals surface area contributed by atoms with Crippen LogP contribution >= 0.6 is 0 Å². The monoisotopic (exact) mass is 295 g/mol. The van der Waals surface area contributed by atoms with E-state index in [9.17, 15) is 5.11 Å². The SMILES string of the molecule is CCNC(CO)(COc1c(OC)cccc1OC)C1CC1. The van der Waals surface area contributed by atoms with E-state index in [2.05, 4.69) is 5.32 Å². The first kappa shape index (κ1) is 15.9. The van der Waals surface area contributed by atoms with Crippen LogP contribution in [0.4, 0.5) is 0 Å². The molecule has 0 amide bonds. The Balaban J connectivity index is 2.17. The van der Waals surface area contributed by atoms with Gasteiger partial charge in [-0.05, 0) is 37.4 Å². The molecular weight excluding hydrogens is 270 g/mol. The number of nitrogens with one attached hydrogen (secondary N) is 1. The van der Waals surface area contributed by atoms with Crippen LogP contribution in [-0.2, 0) is 0 Å². The van der Waals surface area contributed by atoms with Gasteiger partial charge in [-0.1, -0.05) is 13.0 Å². The molecule has 2 rings (SSSR count). The third-order valence-corrected chi connectivity index (χ3v) is 4.03. The Morgan fingerprint density at radius 3 is 2.29 bits per heavy atom. The summed E-state index contributed by atoms with van der Waals surface area (Å²) in [5, 5.41) is 13.2. The summed E-state index contributed by atoms with van der Waals surface area (Å²) in [6.45, 7) is 3.28. The van der Waals surface area contributed by atoms with E-state index < -0.39 is 0 Å². The molecule has 0 saturated heterocycles. The first-order chi connectivity index (χ1) is 10.2. The molecule has 0 bridgehead atoms. The van der Waals surface area contributed by atoms with Crippen molar-refractivity contribution in [1.82, 2.24) is 5.32 Å². The van der Waals surface area contributed by atoms with Gasteiger partial charge in [-0.2, -0.15) is 0 Å². The predicted molar refractivity (Wildman–Crippen MR) is 81.3 cm³/mol. The molecule has 1 aromatic carbocycles. The Labute approximate surface area is 126 Å². The first-order valence-corrected chi connectivity index (χ1v) is 7.40. The number of benzene rings is 1. The van der Waals surface area contributed by atoms with Gasteiger partial charge in [-0.15, -0.1) is 0 Å². The van der Waals surface area contributed by atoms with Crippen molar-refractivity contribution in [3.8, 4) is 17.2 Å². The molecule has 1 saturated carbocycles. The van der Waals surface area contributed by atoms with Crippen LogP contribution in [0.2, 0.25) is 0 Å². The number of aliphatic hydroxyl groups is 1. The number of ether oxygens (including phenoxy) is 3. The highest BCUT2D eigenvalue weighted by atomic mass is 16.5. The molecule has 0 spiro atoms. The van der Waals surface area contributed by atoms with Crippen LogP contribution < -0.4 is 19.5 Å². The summed E-state index contributed by atoms with van der Waals surface area (Å²) >= 11 is 0. The molecule has 21 heavy (non-hydrogen) atoms. The van der Waals surface area contributed by atoms with Crippen LogP contribution in [0.5, 0.6) is 17.2 Å². The maximum absolute atomic E-state index is 9.84. The van der Waals surface area contributed by atoms with Gasteiger partial charge in [0.25, 0.3) is 0 Å². The fourth-order valence-corrected chi connectivity index (χ4v) is 2.69. The number of para-hydroxylation sites is 1. The summed E-state index contributed by atoms with van der Waals surface area (Å²) in [5.41, 5.74) is -0.388. The Bertz CT molecular complexity index is 439. The van der Waals surface area contributed by atoms with E-state index >= 15 is 0 Å². The summed E-state index contributed by atoms with van der Waals surface area (Å²) < 4.78 is 16.7. The molecule has 1 aliphatic rings. The standard InChI is InChI=1S/C16H25NO4/c1-4-17-16(10-18,12-8-9-12)11-21-15-13(19-2)6-5-7-14(15)20-3/h5-7,12,17-18H,4,8-11H2,1-3H3. The average Bonchev–Trinajstić information content (AvgIpc) is 3.36. The zero-order valence-electron chi connectivity index (χ0n) is 13.0. The Hall–Kier alpha value is -1.46. The van der Waals surface area contributed by atoms with E-state index in [1.807, 2.05) is 25.1 Å². The number of rotatable bonds is 9. The smallest absolute Gasteiger partial charge is 0.203 e. The van der Waals surface area contributed by atoms with E-state index in [1.165, 1.54) is 0 Å². The van der Waals surface area contributed by atoms with E-state index in [0.29, 0.717) is 29.8 Å². The first-order valence-electron chi connectivity index (χ1n) is 7.40. The molecule has 118 valence electrons. The summed E-state index contributed by atoms with van der Waals surface area (Å²) in [7, 11) is 3.21. The molecule has 1 aliphatic carbocycles. The fraction of sp³-hybridized carbons (Fsp3) is 0.625. The topological polar surface area (TPSA) is 60.0 Å². The number of aliphatic hydroxyl groups excluding tert-OH is 1. The van der Waals surface area contributed by atoms with E-state index in [-0.39, 0.29) is 12.1 Å². The maximum atomic E-state index is 9.84. The molecule has 1 aromatic rings. The van der Waals surface area contributed by atoms with Gasteiger partial charge in [0.05, 0.1) is 26.4 Å². The third-order valence-electron chi connectivity index (χ3n) is 4.03. The van der Waals surface area contributed by atoms with Crippen molar-refractivity contribution in [3.05, 3.63) is 18.2 Å². The lowest BCUT2D eigenvalue weighted by atomic mass is 9.95. The second-order valence-electron chi connectivity index (χ2n) is 5.40. The van der Waals surface area contributed by atoms with Crippen LogP contribution in [0.1, 0.15) is 19.8 Å². The highest BCUT2D eigenvalue weighted by Gasteiger charge is 2.45. The highest BCUT2D eigenvalue weighted by molar-refractivity contribution is 5.51. The molecule has 0 heterocycles. The summed E-state index contributed by atoms with van der Waals surface area (Å²) in [4.78, 5) is 0. The van der Waals surface area contributed by atoms with Crippen molar-refractivity contribution >= 4 is 0 Å². The lowest BCUT2D eigenvalue weighted by molar-refractivity contribution is 0.0835. The minimum absolute atomic E-state index is 0.0585. The van der Waals surface area contributed by atoms with E-state index in [1.54, 1.807) is 14.2 Å². The van der Waals surface area contributed by atoms with Crippen LogP contribution in [0.25, 0.3) is 0 Å². The second kappa shape index (κ2) is 7.00. The molecule has 0 aromatic heterocycles. The minimum Gasteiger partial charge on any atom is -0.493 e. The second-order valence-corrected chi connectivity index (χ2v) is 5.40. The van der Waals surface area contributed by atoms with Gasteiger partial charge in [0.2, 0.25) is 5.75 Å². The lowest BCUT2D eigenvalue weighted by Gasteiger charge is -2.33. The van der Waals surface area contributed by atoms with Crippen molar-refractivity contribution in [2.45, 2.75) is 25.3 Å². The van der Waals surface area contributed by atoms with Crippen molar-refractivity contribution in [3.63, 3.8) is 0 Å². The van der Waals surface area contributed by atoms with Crippen LogP contribution in [0.3, 0.4) is 0 Å². The van der Waals surface area contributed by atoms with Gasteiger partial charge in [0.15, 0.2) is 11.5 Å². The fourth-order valence-electron chi connectivity index (χ4n) is 2.69. The van der Waals surface area contributed by atoms with Gasteiger partial charge in [0, 0.05) is 0 Å². The number of hydrogen-bond acceptors (Lipinski definition) is 5. The lowest BCUT2D eigenvalue weighted by Crippen LogP contribution is -2.55. The Morgan fingerprint density at radius 1 is 1.24 bits per heavy atom. The predicted octanol–water partition coefficient (Wildman–Crippen LogP) is 1.83. The quantitative estimate of drug-likeness (QED) is 0.728. The van der Waals surface area contributed by atoms with Gasteiger partial charge >= 0.3 is 0 Å². The summed E-state index contributed by atoms with van der Waals surface area (Å²) in [6, 6.07) is 5.53. The zero-order chi connectivity index (χ0) is 15.3. The van der Waals surface area contributed by atoms with Gasteiger partial charge in [-0.3, -0.25) is 0 Å². The molecule has 0 aliphatic heterocycles. The van der Waals surface area contributed by atoms with Crippen molar-refractivity contribution in [2.75, 3.05) is 34.0 Å². The number of hydrogen-bond donors (Lipinski definition) is 2. The Kier molecular flexibility index (Phi) is 5.31. The van der Waals surface area contributed by atoms with Crippen molar-refractivity contribution in [2.24, 2.45) is 5.92 Å². The normalized spacial score (nSPS) is 17.1. The molecule has 5 nitrogen and oxygen atoms in total. The van der Waals surface area contributed by atoms with Gasteiger partial charge < -0.3 is 24.6 Å². The number of likely N-dealkylation sites (N-methyl/N-ethyl adjacent to an activating group) is 1. The molecule has 0 radical (unpaired) electrons. The number of methoxy groups -OCH3 is 2. The van der Waals surface area contributed by atoms with Gasteiger partial charge in [-0.25, -0.2) is 0 Å². The molecular formula is C16H25NO4. The maximum Gasteiger partial charge on any atom is 0.203 e. The summed E-state index contributed by atoms with van der Waals surface area (Å²) in [6.07, 6.45) is 2.25. The molecule has 1 fully saturated rings. The molecule has 5 heteroatoms. The highest BCUT2D eigenvalue weighted by Crippen LogP contribution is 2.42. The minimum atomic E-state index is -0.388. The van der Waals surface area contributed by atoms with Crippen LogP contribution in [-0.4, -0.2) is 44.6 Å². The average molecular weight is 295 g/mol. The van der Waals surface area contributed by atoms with Crippen LogP contribution in [0, 0.1) is 5.92 Å². The molecule has 1 unspecified atom stereocenters. The zero-order valence-corrected chi connectivity index (χ0v) is 13.0. The van der Waals surface area contributed by atoms with Gasteiger partial charge in [0.1, 0.15) is 6.61 Å².